The number of thiophene rings is 2. The Bertz CT molecular complexity index is 668. The molecule has 0 saturated heterocycles. The Kier molecular flexibility index (Phi) is 2.53. The third-order valence-electron chi connectivity index (χ3n) is 2.48. The Labute approximate surface area is 105 Å². The Hall–Kier alpha value is -1.52. The summed E-state index contributed by atoms with van der Waals surface area (Å²) in [5.41, 5.74) is 0.140. The molecule has 2 heterocycles. The van der Waals surface area contributed by atoms with Crippen LogP contribution in [0.5, 0.6) is 0 Å². The number of carbonyl (C=O) groups excluding carboxylic acids is 1. The summed E-state index contributed by atoms with van der Waals surface area (Å²) in [4.78, 5) is 12.7. The first-order valence-corrected chi connectivity index (χ1v) is 6.71. The predicted octanol–water partition coefficient (Wildman–Crippen LogP) is 4.33. The highest BCUT2D eigenvalue weighted by molar-refractivity contribution is 7.28. The van der Waals surface area contributed by atoms with Gasteiger partial charge >= 0.3 is 0 Å². The van der Waals surface area contributed by atoms with Crippen LogP contribution in [0, 0.1) is 5.82 Å². The van der Waals surface area contributed by atoms with E-state index in [0.717, 1.165) is 9.40 Å². The predicted molar refractivity (Wildman–Crippen MR) is 69.5 cm³/mol. The lowest BCUT2D eigenvalue weighted by Crippen LogP contribution is -2.01. The molecule has 84 valence electrons. The van der Waals surface area contributed by atoms with Crippen LogP contribution in [0.15, 0.2) is 41.8 Å². The summed E-state index contributed by atoms with van der Waals surface area (Å²) in [6.07, 6.45) is 0. The van der Waals surface area contributed by atoms with Gasteiger partial charge in [-0.05, 0) is 29.6 Å². The molecule has 0 aliphatic heterocycles. The number of hydrogen-bond acceptors (Lipinski definition) is 3. The van der Waals surface area contributed by atoms with Crippen molar-refractivity contribution in [1.82, 2.24) is 0 Å². The van der Waals surface area contributed by atoms with Crippen molar-refractivity contribution in [2.24, 2.45) is 0 Å². The fourth-order valence-electron chi connectivity index (χ4n) is 1.66. The van der Waals surface area contributed by atoms with Crippen LogP contribution < -0.4 is 0 Å². The third-order valence-corrected chi connectivity index (χ3v) is 4.57. The van der Waals surface area contributed by atoms with E-state index in [-0.39, 0.29) is 11.3 Å². The number of halogens is 1. The van der Waals surface area contributed by atoms with Crippen LogP contribution >= 0.6 is 22.7 Å². The highest BCUT2D eigenvalue weighted by Crippen LogP contribution is 2.31. The van der Waals surface area contributed by atoms with Crippen LogP contribution in [0.4, 0.5) is 4.39 Å². The monoisotopic (exact) mass is 262 g/mol. The summed E-state index contributed by atoms with van der Waals surface area (Å²) in [5, 5.41) is 1.98. The number of carbonyl (C=O) groups is 1. The van der Waals surface area contributed by atoms with Crippen molar-refractivity contribution in [3.63, 3.8) is 0 Å². The zero-order valence-corrected chi connectivity index (χ0v) is 10.3. The van der Waals surface area contributed by atoms with E-state index >= 15 is 0 Å². The second-order valence-electron chi connectivity index (χ2n) is 3.57. The second-order valence-corrected chi connectivity index (χ2v) is 5.60. The van der Waals surface area contributed by atoms with E-state index < -0.39 is 5.82 Å². The van der Waals surface area contributed by atoms with Crippen molar-refractivity contribution in [3.8, 4) is 0 Å². The zero-order chi connectivity index (χ0) is 11.8. The molecule has 0 atom stereocenters. The second kappa shape index (κ2) is 4.05. The van der Waals surface area contributed by atoms with Gasteiger partial charge in [-0.3, -0.25) is 4.79 Å². The molecule has 2 aromatic heterocycles. The molecule has 0 amide bonds. The molecule has 0 saturated carbocycles. The molecule has 0 unspecified atom stereocenters. The molecule has 0 aliphatic carbocycles. The minimum Gasteiger partial charge on any atom is -0.288 e. The molecule has 0 spiro atoms. The minimum atomic E-state index is -0.464. The molecule has 0 bridgehead atoms. The van der Waals surface area contributed by atoms with Gasteiger partial charge in [0, 0.05) is 9.40 Å². The molecule has 1 aromatic carbocycles. The van der Waals surface area contributed by atoms with E-state index in [4.69, 9.17) is 0 Å². The summed E-state index contributed by atoms with van der Waals surface area (Å²) in [6, 6.07) is 9.89. The molecule has 0 fully saturated rings. The number of benzene rings is 1. The number of rotatable bonds is 2. The Morgan fingerprint density at radius 1 is 1.12 bits per heavy atom. The van der Waals surface area contributed by atoms with Gasteiger partial charge in [-0.15, -0.1) is 22.7 Å². The Morgan fingerprint density at radius 3 is 2.71 bits per heavy atom. The van der Waals surface area contributed by atoms with Crippen molar-refractivity contribution in [1.29, 1.82) is 0 Å². The standard InChI is InChI=1S/C13H7FOS2/c14-9-4-2-1-3-8(9)13(15)12-7-11-10(17-12)5-6-16-11/h1-7H. The number of hydrogen-bond donors (Lipinski definition) is 0. The van der Waals surface area contributed by atoms with E-state index in [0.29, 0.717) is 4.88 Å². The average Bonchev–Trinajstić information content (AvgIpc) is 2.88. The first-order chi connectivity index (χ1) is 8.25. The van der Waals surface area contributed by atoms with Gasteiger partial charge in [-0.2, -0.15) is 0 Å². The quantitative estimate of drug-likeness (QED) is 0.628. The number of ketones is 1. The summed E-state index contributed by atoms with van der Waals surface area (Å²) in [6.45, 7) is 0. The van der Waals surface area contributed by atoms with E-state index in [1.807, 2.05) is 17.5 Å². The molecular weight excluding hydrogens is 255 g/mol. The van der Waals surface area contributed by atoms with Crippen LogP contribution in [0.2, 0.25) is 0 Å². The highest BCUT2D eigenvalue weighted by atomic mass is 32.1. The third kappa shape index (κ3) is 1.79. The maximum Gasteiger partial charge on any atom is 0.205 e. The molecular formula is C13H7FOS2. The fourth-order valence-corrected chi connectivity index (χ4v) is 3.72. The van der Waals surface area contributed by atoms with E-state index in [2.05, 4.69) is 0 Å². The lowest BCUT2D eigenvalue weighted by Gasteiger charge is -1.98. The van der Waals surface area contributed by atoms with E-state index in [9.17, 15) is 9.18 Å². The van der Waals surface area contributed by atoms with Gasteiger partial charge in [-0.25, -0.2) is 4.39 Å². The fraction of sp³-hybridized carbons (Fsp3) is 0. The van der Waals surface area contributed by atoms with Crippen molar-refractivity contribution >= 4 is 37.9 Å². The molecule has 0 aliphatic rings. The van der Waals surface area contributed by atoms with Gasteiger partial charge in [-0.1, -0.05) is 12.1 Å². The van der Waals surface area contributed by atoms with Crippen molar-refractivity contribution in [3.05, 3.63) is 58.0 Å². The largest absolute Gasteiger partial charge is 0.288 e. The molecule has 4 heteroatoms. The Balaban J connectivity index is 2.08. The van der Waals surface area contributed by atoms with Crippen LogP contribution in [-0.2, 0) is 0 Å². The SMILES string of the molecule is O=C(c1cc2sccc2s1)c1ccccc1F. The zero-order valence-electron chi connectivity index (χ0n) is 8.64. The molecule has 3 rings (SSSR count). The van der Waals surface area contributed by atoms with E-state index in [1.165, 1.54) is 23.5 Å². The van der Waals surface area contributed by atoms with Crippen LogP contribution in [-0.4, -0.2) is 5.78 Å². The van der Waals surface area contributed by atoms with Gasteiger partial charge in [0.25, 0.3) is 0 Å². The van der Waals surface area contributed by atoms with Gasteiger partial charge in [0.15, 0.2) is 0 Å². The van der Waals surface area contributed by atoms with Gasteiger partial charge in [0.2, 0.25) is 5.78 Å². The van der Waals surface area contributed by atoms with Crippen LogP contribution in [0.25, 0.3) is 9.40 Å². The lowest BCUT2D eigenvalue weighted by molar-refractivity contribution is 0.103. The molecule has 0 N–H and O–H groups in total. The molecule has 1 nitrogen and oxygen atoms in total. The van der Waals surface area contributed by atoms with Crippen molar-refractivity contribution in [2.75, 3.05) is 0 Å². The average molecular weight is 262 g/mol. The number of fused-ring (bicyclic) bond motifs is 1. The molecule has 3 aromatic rings. The van der Waals surface area contributed by atoms with Crippen molar-refractivity contribution < 1.29 is 9.18 Å². The summed E-state index contributed by atoms with van der Waals surface area (Å²) >= 11 is 3.00. The van der Waals surface area contributed by atoms with Crippen LogP contribution in [0.1, 0.15) is 15.2 Å². The summed E-state index contributed by atoms with van der Waals surface area (Å²) in [5.74, 6) is -0.703. The topological polar surface area (TPSA) is 17.1 Å². The lowest BCUT2D eigenvalue weighted by atomic mass is 10.1. The first-order valence-electron chi connectivity index (χ1n) is 5.02. The minimum absolute atomic E-state index is 0.140. The van der Waals surface area contributed by atoms with E-state index in [1.54, 1.807) is 23.5 Å². The maximum absolute atomic E-state index is 13.5. The first kappa shape index (κ1) is 10.6. The summed E-state index contributed by atoms with van der Waals surface area (Å²) in [7, 11) is 0. The van der Waals surface area contributed by atoms with Crippen molar-refractivity contribution in [2.45, 2.75) is 0 Å². The smallest absolute Gasteiger partial charge is 0.205 e. The molecule has 17 heavy (non-hydrogen) atoms. The normalized spacial score (nSPS) is 10.9. The maximum atomic E-state index is 13.5. The highest BCUT2D eigenvalue weighted by Gasteiger charge is 2.16. The van der Waals surface area contributed by atoms with Gasteiger partial charge in [0.1, 0.15) is 5.82 Å². The van der Waals surface area contributed by atoms with Crippen LogP contribution in [0.3, 0.4) is 0 Å². The van der Waals surface area contributed by atoms with Gasteiger partial charge < -0.3 is 0 Å². The van der Waals surface area contributed by atoms with Gasteiger partial charge in [0.05, 0.1) is 10.4 Å². The Morgan fingerprint density at radius 2 is 1.94 bits per heavy atom. The summed E-state index contributed by atoms with van der Waals surface area (Å²) < 4.78 is 15.7. The molecule has 0 radical (unpaired) electrons.